The predicted molar refractivity (Wildman–Crippen MR) is 53.8 cm³/mol. The largest absolute Gasteiger partial charge is 0.493 e. The van der Waals surface area contributed by atoms with Crippen molar-refractivity contribution < 1.29 is 9.47 Å². The van der Waals surface area contributed by atoms with Gasteiger partial charge in [-0.3, -0.25) is 0 Å². The molecule has 0 fully saturated rings. The summed E-state index contributed by atoms with van der Waals surface area (Å²) in [5, 5.41) is 0. The lowest BCUT2D eigenvalue weighted by Gasteiger charge is -2.12. The van der Waals surface area contributed by atoms with E-state index in [9.17, 15) is 0 Å². The maximum absolute atomic E-state index is 5.76. The number of methoxy groups -OCH3 is 2. The summed E-state index contributed by atoms with van der Waals surface area (Å²) in [7, 11) is 3.25. The number of ether oxygens (including phenoxy) is 2. The van der Waals surface area contributed by atoms with E-state index in [4.69, 9.17) is 21.1 Å². The Kier molecular flexibility index (Phi) is 3.43. The van der Waals surface area contributed by atoms with E-state index in [1.54, 1.807) is 14.2 Å². The Morgan fingerprint density at radius 2 is 1.92 bits per heavy atom. The van der Waals surface area contributed by atoms with Crippen molar-refractivity contribution in [1.29, 1.82) is 0 Å². The van der Waals surface area contributed by atoms with E-state index in [1.807, 2.05) is 19.1 Å². The topological polar surface area (TPSA) is 18.5 Å². The first kappa shape index (κ1) is 10.2. The fourth-order valence-corrected chi connectivity index (χ4v) is 1.56. The van der Waals surface area contributed by atoms with Crippen molar-refractivity contribution in [3.8, 4) is 11.5 Å². The van der Waals surface area contributed by atoms with Crippen molar-refractivity contribution >= 4 is 11.6 Å². The zero-order valence-corrected chi connectivity index (χ0v) is 8.81. The lowest BCUT2D eigenvalue weighted by Crippen LogP contribution is -1.95. The molecule has 0 unspecified atom stereocenters. The van der Waals surface area contributed by atoms with Crippen LogP contribution in [0.1, 0.15) is 11.1 Å². The monoisotopic (exact) mass is 200 g/mol. The molecular weight excluding hydrogens is 188 g/mol. The van der Waals surface area contributed by atoms with Gasteiger partial charge in [0.05, 0.1) is 14.2 Å². The number of benzene rings is 1. The summed E-state index contributed by atoms with van der Waals surface area (Å²) in [5.41, 5.74) is 2.11. The molecule has 0 saturated carbocycles. The first-order valence-corrected chi connectivity index (χ1v) is 4.54. The fraction of sp³-hybridized carbons (Fsp3) is 0.400. The molecule has 0 heterocycles. The molecule has 0 aliphatic heterocycles. The van der Waals surface area contributed by atoms with Crippen LogP contribution in [0.25, 0.3) is 0 Å². The first-order valence-electron chi connectivity index (χ1n) is 4.01. The molecular formula is C10H13ClO2. The van der Waals surface area contributed by atoms with E-state index in [1.165, 1.54) is 0 Å². The average Bonchev–Trinajstić information content (AvgIpc) is 2.17. The molecule has 0 N–H and O–H groups in total. The van der Waals surface area contributed by atoms with Crippen LogP contribution in [-0.4, -0.2) is 14.2 Å². The summed E-state index contributed by atoms with van der Waals surface area (Å²) in [6, 6.07) is 3.81. The van der Waals surface area contributed by atoms with Crippen molar-refractivity contribution in [2.75, 3.05) is 14.2 Å². The molecule has 1 aromatic rings. The maximum atomic E-state index is 5.76. The molecule has 1 rings (SSSR count). The summed E-state index contributed by atoms with van der Waals surface area (Å²) < 4.78 is 10.4. The Morgan fingerprint density at radius 3 is 2.38 bits per heavy atom. The van der Waals surface area contributed by atoms with Crippen molar-refractivity contribution in [1.82, 2.24) is 0 Å². The highest BCUT2D eigenvalue weighted by Gasteiger charge is 2.09. The summed E-state index contributed by atoms with van der Waals surface area (Å²) in [6.07, 6.45) is 0. The van der Waals surface area contributed by atoms with Crippen molar-refractivity contribution in [3.63, 3.8) is 0 Å². The molecule has 0 atom stereocenters. The summed E-state index contributed by atoms with van der Waals surface area (Å²) >= 11 is 5.76. The molecule has 72 valence electrons. The minimum atomic E-state index is 0.492. The number of rotatable bonds is 3. The van der Waals surface area contributed by atoms with Crippen LogP contribution in [0.5, 0.6) is 11.5 Å². The quantitative estimate of drug-likeness (QED) is 0.699. The lowest BCUT2D eigenvalue weighted by molar-refractivity contribution is 0.352. The van der Waals surface area contributed by atoms with E-state index in [-0.39, 0.29) is 0 Å². The third-order valence-electron chi connectivity index (χ3n) is 2.05. The highest BCUT2D eigenvalue weighted by molar-refractivity contribution is 6.17. The SMILES string of the molecule is COc1ccc(CCl)c(C)c1OC. The van der Waals surface area contributed by atoms with Gasteiger partial charge >= 0.3 is 0 Å². The minimum absolute atomic E-state index is 0.492. The van der Waals surface area contributed by atoms with Gasteiger partial charge in [-0.15, -0.1) is 11.6 Å². The van der Waals surface area contributed by atoms with Crippen LogP contribution in [0.15, 0.2) is 12.1 Å². The Balaban J connectivity index is 3.23. The van der Waals surface area contributed by atoms with E-state index in [0.29, 0.717) is 5.88 Å². The molecule has 13 heavy (non-hydrogen) atoms. The van der Waals surface area contributed by atoms with Crippen LogP contribution in [0.3, 0.4) is 0 Å². The highest BCUT2D eigenvalue weighted by atomic mass is 35.5. The van der Waals surface area contributed by atoms with Crippen LogP contribution in [-0.2, 0) is 5.88 Å². The maximum Gasteiger partial charge on any atom is 0.163 e. The zero-order valence-electron chi connectivity index (χ0n) is 8.06. The van der Waals surface area contributed by atoms with E-state index < -0.39 is 0 Å². The molecule has 2 nitrogen and oxygen atoms in total. The molecule has 0 aliphatic rings. The third kappa shape index (κ3) is 1.89. The van der Waals surface area contributed by atoms with Gasteiger partial charge in [0.15, 0.2) is 11.5 Å². The lowest BCUT2D eigenvalue weighted by atomic mass is 10.1. The fourth-order valence-electron chi connectivity index (χ4n) is 1.27. The standard InChI is InChI=1S/C10H13ClO2/c1-7-8(6-11)4-5-9(12-2)10(7)13-3/h4-5H,6H2,1-3H3. The van der Waals surface area contributed by atoms with Gasteiger partial charge in [0.25, 0.3) is 0 Å². The minimum Gasteiger partial charge on any atom is -0.493 e. The Bertz CT molecular complexity index is 297. The van der Waals surface area contributed by atoms with Crippen LogP contribution >= 0.6 is 11.6 Å². The van der Waals surface area contributed by atoms with Gasteiger partial charge in [0.2, 0.25) is 0 Å². The van der Waals surface area contributed by atoms with Gasteiger partial charge in [0, 0.05) is 5.88 Å². The van der Waals surface area contributed by atoms with Crippen molar-refractivity contribution in [2.24, 2.45) is 0 Å². The predicted octanol–water partition coefficient (Wildman–Crippen LogP) is 2.75. The second-order valence-corrected chi connectivity index (χ2v) is 2.99. The van der Waals surface area contributed by atoms with E-state index >= 15 is 0 Å². The van der Waals surface area contributed by atoms with Crippen LogP contribution < -0.4 is 9.47 Å². The zero-order chi connectivity index (χ0) is 9.84. The van der Waals surface area contributed by atoms with E-state index in [0.717, 1.165) is 22.6 Å². The summed E-state index contributed by atoms with van der Waals surface area (Å²) in [4.78, 5) is 0. The molecule has 0 amide bonds. The van der Waals surface area contributed by atoms with Gasteiger partial charge in [-0.05, 0) is 24.1 Å². The smallest absolute Gasteiger partial charge is 0.163 e. The Labute approximate surface area is 83.4 Å². The molecule has 0 aromatic heterocycles. The molecule has 0 spiro atoms. The second kappa shape index (κ2) is 4.38. The van der Waals surface area contributed by atoms with E-state index in [2.05, 4.69) is 0 Å². The number of alkyl halides is 1. The highest BCUT2D eigenvalue weighted by Crippen LogP contribution is 2.33. The van der Waals surface area contributed by atoms with Crippen LogP contribution in [0.2, 0.25) is 0 Å². The van der Waals surface area contributed by atoms with Gasteiger partial charge in [-0.2, -0.15) is 0 Å². The molecule has 0 bridgehead atoms. The number of hydrogen-bond donors (Lipinski definition) is 0. The summed E-state index contributed by atoms with van der Waals surface area (Å²) in [5.74, 6) is 2.00. The Morgan fingerprint density at radius 1 is 1.23 bits per heavy atom. The van der Waals surface area contributed by atoms with Crippen LogP contribution in [0.4, 0.5) is 0 Å². The molecule has 3 heteroatoms. The first-order chi connectivity index (χ1) is 6.24. The molecule has 0 radical (unpaired) electrons. The molecule has 0 saturated heterocycles. The normalized spacial score (nSPS) is 9.85. The van der Waals surface area contributed by atoms with Gasteiger partial charge < -0.3 is 9.47 Å². The average molecular weight is 201 g/mol. The number of halogens is 1. The molecule has 1 aromatic carbocycles. The summed E-state index contributed by atoms with van der Waals surface area (Å²) in [6.45, 7) is 1.97. The molecule has 0 aliphatic carbocycles. The Hall–Kier alpha value is -0.890. The van der Waals surface area contributed by atoms with Gasteiger partial charge in [0.1, 0.15) is 0 Å². The van der Waals surface area contributed by atoms with Gasteiger partial charge in [-0.25, -0.2) is 0 Å². The van der Waals surface area contributed by atoms with Crippen molar-refractivity contribution in [3.05, 3.63) is 23.3 Å². The van der Waals surface area contributed by atoms with Crippen LogP contribution in [0, 0.1) is 6.92 Å². The van der Waals surface area contributed by atoms with Gasteiger partial charge in [-0.1, -0.05) is 6.07 Å². The second-order valence-electron chi connectivity index (χ2n) is 2.72. The third-order valence-corrected chi connectivity index (χ3v) is 2.34. The number of hydrogen-bond acceptors (Lipinski definition) is 2. The van der Waals surface area contributed by atoms with Crippen molar-refractivity contribution in [2.45, 2.75) is 12.8 Å².